The molecule has 220 valence electrons. The summed E-state index contributed by atoms with van der Waals surface area (Å²) in [4.78, 5) is 12.8. The third-order valence-corrected chi connectivity index (χ3v) is 14.2. The molecule has 0 bridgehead atoms. The van der Waals surface area contributed by atoms with Gasteiger partial charge in [0.2, 0.25) is 0 Å². The van der Waals surface area contributed by atoms with E-state index in [9.17, 15) is 4.79 Å². The van der Waals surface area contributed by atoms with Crippen molar-refractivity contribution in [3.63, 3.8) is 0 Å². The van der Waals surface area contributed by atoms with E-state index >= 15 is 0 Å². The van der Waals surface area contributed by atoms with Crippen molar-refractivity contribution in [2.75, 3.05) is 6.61 Å². The number of urea groups is 1. The largest absolute Gasteiger partial charge is 0.349 e. The van der Waals surface area contributed by atoms with Gasteiger partial charge in [-0.05, 0) is 117 Å². The van der Waals surface area contributed by atoms with Crippen LogP contribution in [0.5, 0.6) is 0 Å². The number of ether oxygens (including phenoxy) is 2. The molecule has 7 rings (SSSR count). The van der Waals surface area contributed by atoms with Gasteiger partial charge in [-0.3, -0.25) is 0 Å². The van der Waals surface area contributed by atoms with Crippen LogP contribution in [-0.4, -0.2) is 36.6 Å². The van der Waals surface area contributed by atoms with Crippen LogP contribution < -0.4 is 10.6 Å². The molecule has 1 spiro atoms. The van der Waals surface area contributed by atoms with E-state index in [4.69, 9.17) is 9.47 Å². The Morgan fingerprint density at radius 3 is 2.31 bits per heavy atom. The van der Waals surface area contributed by atoms with Gasteiger partial charge in [0.15, 0.2) is 5.79 Å². The first-order valence-electron chi connectivity index (χ1n) is 17.1. The summed E-state index contributed by atoms with van der Waals surface area (Å²) in [5.41, 5.74) is 0.844. The van der Waals surface area contributed by atoms with Crippen molar-refractivity contribution in [2.45, 2.75) is 148 Å². The Balaban J connectivity index is 1.00. The molecule has 2 aliphatic heterocycles. The highest BCUT2D eigenvalue weighted by Crippen LogP contribution is 2.71. The predicted octanol–water partition coefficient (Wildman–Crippen LogP) is 7.43. The fraction of sp³-hybridized carbons (Fsp3) is 0.971. The van der Waals surface area contributed by atoms with Crippen molar-refractivity contribution < 1.29 is 14.3 Å². The molecule has 2 heterocycles. The lowest BCUT2D eigenvalue weighted by atomic mass is 9.44. The Hall–Kier alpha value is -0.810. The molecule has 0 aromatic heterocycles. The van der Waals surface area contributed by atoms with Gasteiger partial charge in [-0.1, -0.05) is 47.0 Å². The highest BCUT2D eigenvalue weighted by molar-refractivity contribution is 5.74. The van der Waals surface area contributed by atoms with Gasteiger partial charge in [0.25, 0.3) is 0 Å². The molecule has 5 nitrogen and oxygen atoms in total. The maximum Gasteiger partial charge on any atom is 0.315 e. The normalized spacial score (nSPS) is 53.4. The summed E-state index contributed by atoms with van der Waals surface area (Å²) < 4.78 is 13.5. The van der Waals surface area contributed by atoms with Crippen LogP contribution in [0.4, 0.5) is 4.79 Å². The highest BCUT2D eigenvalue weighted by atomic mass is 16.7. The van der Waals surface area contributed by atoms with Gasteiger partial charge in [0, 0.05) is 24.4 Å². The fourth-order valence-electron chi connectivity index (χ4n) is 12.1. The average Bonchev–Trinajstić information content (AvgIpc) is 3.36. The van der Waals surface area contributed by atoms with Crippen molar-refractivity contribution in [2.24, 2.45) is 52.3 Å². The molecule has 0 aromatic carbocycles. The molecule has 7 aliphatic rings. The minimum absolute atomic E-state index is 0.0958. The minimum atomic E-state index is -0.301. The molecule has 2 amide bonds. The summed E-state index contributed by atoms with van der Waals surface area (Å²) in [5.74, 6) is 4.80. The zero-order chi connectivity index (χ0) is 27.0. The van der Waals surface area contributed by atoms with Crippen LogP contribution in [0.15, 0.2) is 0 Å². The van der Waals surface area contributed by atoms with Gasteiger partial charge < -0.3 is 20.1 Å². The number of nitrogens with one attached hydrogen (secondary N) is 2. The quantitative estimate of drug-likeness (QED) is 0.383. The molecule has 39 heavy (non-hydrogen) atoms. The first-order valence-corrected chi connectivity index (χ1v) is 17.1. The lowest BCUT2D eigenvalue weighted by Gasteiger charge is -2.61. The van der Waals surface area contributed by atoms with Gasteiger partial charge in [-0.2, -0.15) is 0 Å². The third kappa shape index (κ3) is 4.33. The van der Waals surface area contributed by atoms with Gasteiger partial charge >= 0.3 is 6.03 Å². The fourth-order valence-corrected chi connectivity index (χ4v) is 12.1. The highest BCUT2D eigenvalue weighted by Gasteiger charge is 2.69. The zero-order valence-corrected chi connectivity index (χ0v) is 25.3. The Kier molecular flexibility index (Phi) is 6.86. The maximum absolute atomic E-state index is 12.8. The Bertz CT molecular complexity index is 925. The second kappa shape index (κ2) is 9.89. The Morgan fingerprint density at radius 1 is 0.769 bits per heavy atom. The van der Waals surface area contributed by atoms with E-state index < -0.39 is 0 Å². The minimum Gasteiger partial charge on any atom is -0.349 e. The SMILES string of the molecule is C[C@H]1CC[C@@]2(OC1)O[C@H]1C[C@H]3[C@@H]4CC[C@@H]5C[C@@H](NC(=O)NC6CCCCC6)CC[C@]5(C)[C@H]4CC[C@]3(C)[C@H]1[C@@H]2C. The molecule has 0 unspecified atom stereocenters. The molecule has 5 saturated carbocycles. The summed E-state index contributed by atoms with van der Waals surface area (Å²) in [5, 5.41) is 6.71. The van der Waals surface area contributed by atoms with Crippen LogP contribution in [0.1, 0.15) is 124 Å². The molecule has 0 aromatic rings. The Morgan fingerprint density at radius 2 is 1.54 bits per heavy atom. The number of amides is 2. The van der Waals surface area contributed by atoms with Gasteiger partial charge in [-0.15, -0.1) is 0 Å². The van der Waals surface area contributed by atoms with E-state index in [1.807, 2.05) is 0 Å². The number of rotatable bonds is 2. The second-order valence-electron chi connectivity index (χ2n) is 16.1. The van der Waals surface area contributed by atoms with Gasteiger partial charge in [0.05, 0.1) is 12.7 Å². The molecule has 2 saturated heterocycles. The summed E-state index contributed by atoms with van der Waals surface area (Å²) in [6.07, 6.45) is 19.3. The molecule has 5 heteroatoms. The first kappa shape index (κ1) is 27.0. The van der Waals surface area contributed by atoms with Crippen molar-refractivity contribution in [3.8, 4) is 0 Å². The lowest BCUT2D eigenvalue weighted by Crippen LogP contribution is -2.57. The molecule has 0 radical (unpaired) electrons. The zero-order valence-electron chi connectivity index (χ0n) is 25.3. The summed E-state index contributed by atoms with van der Waals surface area (Å²) in [6, 6.07) is 0.838. The van der Waals surface area contributed by atoms with Crippen LogP contribution in [-0.2, 0) is 9.47 Å². The summed E-state index contributed by atoms with van der Waals surface area (Å²) >= 11 is 0. The molecule has 7 fully saturated rings. The number of carbonyl (C=O) groups excluding carboxylic acids is 1. The number of hydrogen-bond donors (Lipinski definition) is 2. The molecule has 12 atom stereocenters. The average molecular weight is 541 g/mol. The van der Waals surface area contributed by atoms with E-state index in [1.54, 1.807) is 0 Å². The van der Waals surface area contributed by atoms with E-state index in [1.165, 1.54) is 70.6 Å². The second-order valence-corrected chi connectivity index (χ2v) is 16.1. The van der Waals surface area contributed by atoms with E-state index in [2.05, 4.69) is 38.3 Å². The standard InChI is InChI=1S/C34H56N2O3/c1-21-12-17-34(38-20-21)22(2)30-29(39-34)19-28-26-11-10-23-18-25(36-31(37)35-24-8-6-5-7-9-24)13-15-32(23,3)27(26)14-16-33(28,30)4/h21-30H,5-20H2,1-4H3,(H2,35,36,37)/t21-,22-,23+,25-,26+,27-,28-,29-,30-,32-,33-,34+/m0/s1. The number of carbonyl (C=O) groups is 1. The Labute approximate surface area is 237 Å². The van der Waals surface area contributed by atoms with E-state index in [0.29, 0.717) is 46.8 Å². The monoisotopic (exact) mass is 540 g/mol. The summed E-state index contributed by atoms with van der Waals surface area (Å²) in [6.45, 7) is 11.0. The molecular weight excluding hydrogens is 484 g/mol. The van der Waals surface area contributed by atoms with Gasteiger partial charge in [-0.25, -0.2) is 4.79 Å². The van der Waals surface area contributed by atoms with Crippen molar-refractivity contribution in [3.05, 3.63) is 0 Å². The van der Waals surface area contributed by atoms with Gasteiger partial charge in [0.1, 0.15) is 0 Å². The molecular formula is C34H56N2O3. The molecule has 2 N–H and O–H groups in total. The van der Waals surface area contributed by atoms with Crippen molar-refractivity contribution in [1.29, 1.82) is 0 Å². The van der Waals surface area contributed by atoms with E-state index in [0.717, 1.165) is 56.0 Å². The first-order chi connectivity index (χ1) is 18.7. The third-order valence-electron chi connectivity index (χ3n) is 14.2. The number of fused-ring (bicyclic) bond motifs is 7. The van der Waals surface area contributed by atoms with Crippen LogP contribution in [0.25, 0.3) is 0 Å². The van der Waals surface area contributed by atoms with Crippen LogP contribution >= 0.6 is 0 Å². The van der Waals surface area contributed by atoms with Crippen LogP contribution in [0.2, 0.25) is 0 Å². The number of hydrogen-bond acceptors (Lipinski definition) is 3. The lowest BCUT2D eigenvalue weighted by molar-refractivity contribution is -0.273. The van der Waals surface area contributed by atoms with Crippen LogP contribution in [0.3, 0.4) is 0 Å². The van der Waals surface area contributed by atoms with Crippen LogP contribution in [0, 0.1) is 52.3 Å². The topological polar surface area (TPSA) is 59.6 Å². The van der Waals surface area contributed by atoms with E-state index in [-0.39, 0.29) is 11.8 Å². The maximum atomic E-state index is 12.8. The van der Waals surface area contributed by atoms with Crippen molar-refractivity contribution >= 4 is 6.03 Å². The summed E-state index contributed by atoms with van der Waals surface area (Å²) in [7, 11) is 0. The van der Waals surface area contributed by atoms with Crippen molar-refractivity contribution in [1.82, 2.24) is 10.6 Å². The molecule has 5 aliphatic carbocycles. The predicted molar refractivity (Wildman–Crippen MR) is 154 cm³/mol. The smallest absolute Gasteiger partial charge is 0.315 e.